The summed E-state index contributed by atoms with van der Waals surface area (Å²) in [6.07, 6.45) is 4.22. The van der Waals surface area contributed by atoms with Crippen LogP contribution < -0.4 is 10.1 Å². The standard InChI is InChI=1S/C17H25NO3/c1-3-14(4-2)18-17(19)13-7-5-8-15(11-13)21-12-16-9-6-10-20-16/h5,7-8,11,14,16H,3-4,6,9-10,12H2,1-2H3,(H,18,19). The molecule has 0 bridgehead atoms. The Kier molecular flexibility index (Phi) is 6.05. The van der Waals surface area contributed by atoms with Crippen molar-refractivity contribution in [3.8, 4) is 5.75 Å². The Bertz CT molecular complexity index is 451. The lowest BCUT2D eigenvalue weighted by molar-refractivity contribution is 0.0679. The highest BCUT2D eigenvalue weighted by Gasteiger charge is 2.16. The highest BCUT2D eigenvalue weighted by atomic mass is 16.5. The van der Waals surface area contributed by atoms with E-state index in [4.69, 9.17) is 9.47 Å². The van der Waals surface area contributed by atoms with Gasteiger partial charge in [-0.3, -0.25) is 4.79 Å². The number of hydrogen-bond acceptors (Lipinski definition) is 3. The Balaban J connectivity index is 1.91. The van der Waals surface area contributed by atoms with E-state index < -0.39 is 0 Å². The zero-order valence-corrected chi connectivity index (χ0v) is 12.9. The maximum atomic E-state index is 12.2. The van der Waals surface area contributed by atoms with Crippen LogP contribution in [0.15, 0.2) is 24.3 Å². The van der Waals surface area contributed by atoms with Crippen molar-refractivity contribution in [1.82, 2.24) is 5.32 Å². The fourth-order valence-corrected chi connectivity index (χ4v) is 2.45. The van der Waals surface area contributed by atoms with Gasteiger partial charge >= 0.3 is 0 Å². The molecule has 0 aliphatic carbocycles. The summed E-state index contributed by atoms with van der Waals surface area (Å²) >= 11 is 0. The molecule has 4 heteroatoms. The maximum absolute atomic E-state index is 12.2. The molecule has 0 aromatic heterocycles. The summed E-state index contributed by atoms with van der Waals surface area (Å²) in [7, 11) is 0. The zero-order chi connectivity index (χ0) is 15.1. The molecule has 4 nitrogen and oxygen atoms in total. The van der Waals surface area contributed by atoms with Gasteiger partial charge in [0.05, 0.1) is 6.10 Å². The van der Waals surface area contributed by atoms with Crippen LogP contribution in [0.4, 0.5) is 0 Å². The van der Waals surface area contributed by atoms with Crippen LogP contribution in [0.1, 0.15) is 49.9 Å². The van der Waals surface area contributed by atoms with E-state index in [-0.39, 0.29) is 18.1 Å². The number of carbonyl (C=O) groups excluding carboxylic acids is 1. The highest BCUT2D eigenvalue weighted by molar-refractivity contribution is 5.94. The van der Waals surface area contributed by atoms with Crippen molar-refractivity contribution < 1.29 is 14.3 Å². The van der Waals surface area contributed by atoms with Crippen molar-refractivity contribution in [3.63, 3.8) is 0 Å². The minimum atomic E-state index is -0.0359. The van der Waals surface area contributed by atoms with E-state index in [1.165, 1.54) is 0 Å². The van der Waals surface area contributed by atoms with Gasteiger partial charge in [0.15, 0.2) is 0 Å². The van der Waals surface area contributed by atoms with Crippen molar-refractivity contribution in [1.29, 1.82) is 0 Å². The Hall–Kier alpha value is -1.55. The normalized spacial score (nSPS) is 18.0. The molecule has 1 aromatic rings. The predicted molar refractivity (Wildman–Crippen MR) is 82.7 cm³/mol. The monoisotopic (exact) mass is 291 g/mol. The number of hydrogen-bond donors (Lipinski definition) is 1. The first-order chi connectivity index (χ1) is 10.2. The van der Waals surface area contributed by atoms with Gasteiger partial charge in [-0.1, -0.05) is 19.9 Å². The predicted octanol–water partition coefficient (Wildman–Crippen LogP) is 3.16. The zero-order valence-electron chi connectivity index (χ0n) is 12.9. The van der Waals surface area contributed by atoms with Gasteiger partial charge in [0.2, 0.25) is 0 Å². The van der Waals surface area contributed by atoms with Crippen LogP contribution in [0.25, 0.3) is 0 Å². The van der Waals surface area contributed by atoms with Crippen LogP contribution in [0.5, 0.6) is 5.75 Å². The van der Waals surface area contributed by atoms with Gasteiger partial charge in [-0.05, 0) is 43.9 Å². The van der Waals surface area contributed by atoms with E-state index >= 15 is 0 Å². The van der Waals surface area contributed by atoms with Crippen LogP contribution in [0, 0.1) is 0 Å². The Morgan fingerprint density at radius 2 is 2.24 bits per heavy atom. The molecule has 1 aromatic carbocycles. The van der Waals surface area contributed by atoms with E-state index in [0.29, 0.717) is 12.2 Å². The van der Waals surface area contributed by atoms with Crippen molar-refractivity contribution >= 4 is 5.91 Å². The quantitative estimate of drug-likeness (QED) is 0.839. The highest BCUT2D eigenvalue weighted by Crippen LogP contribution is 2.17. The Labute approximate surface area is 126 Å². The van der Waals surface area contributed by atoms with Crippen LogP contribution in [0.2, 0.25) is 0 Å². The van der Waals surface area contributed by atoms with E-state index in [2.05, 4.69) is 19.2 Å². The largest absolute Gasteiger partial charge is 0.491 e. The molecular formula is C17H25NO3. The van der Waals surface area contributed by atoms with Crippen molar-refractivity contribution in [2.24, 2.45) is 0 Å². The van der Waals surface area contributed by atoms with Gasteiger partial charge in [0.25, 0.3) is 5.91 Å². The Morgan fingerprint density at radius 1 is 1.43 bits per heavy atom. The lowest BCUT2D eigenvalue weighted by Crippen LogP contribution is -2.33. The summed E-state index contributed by atoms with van der Waals surface area (Å²) in [5.41, 5.74) is 0.645. The van der Waals surface area contributed by atoms with Crippen LogP contribution >= 0.6 is 0 Å². The second-order valence-electron chi connectivity index (χ2n) is 5.46. The molecule has 1 N–H and O–H groups in total. The summed E-state index contributed by atoms with van der Waals surface area (Å²) in [6, 6.07) is 7.58. The van der Waals surface area contributed by atoms with Crippen LogP contribution in [-0.2, 0) is 4.74 Å². The van der Waals surface area contributed by atoms with E-state index in [9.17, 15) is 4.79 Å². The molecule has 1 heterocycles. The van der Waals surface area contributed by atoms with Gasteiger partial charge in [0, 0.05) is 18.2 Å². The van der Waals surface area contributed by atoms with E-state index in [1.54, 1.807) is 6.07 Å². The number of rotatable bonds is 7. The molecule has 1 atom stereocenters. The molecule has 1 aliphatic rings. The van der Waals surface area contributed by atoms with Gasteiger partial charge in [-0.2, -0.15) is 0 Å². The third-order valence-electron chi connectivity index (χ3n) is 3.88. The third kappa shape index (κ3) is 4.74. The van der Waals surface area contributed by atoms with Crippen molar-refractivity contribution in [2.75, 3.05) is 13.2 Å². The summed E-state index contributed by atoms with van der Waals surface area (Å²) in [5.74, 6) is 0.689. The fourth-order valence-electron chi connectivity index (χ4n) is 2.45. The minimum Gasteiger partial charge on any atom is -0.491 e. The first-order valence-corrected chi connectivity index (χ1v) is 7.88. The smallest absolute Gasteiger partial charge is 0.251 e. The van der Waals surface area contributed by atoms with Gasteiger partial charge in [0.1, 0.15) is 12.4 Å². The molecule has 1 unspecified atom stereocenters. The molecule has 0 radical (unpaired) electrons. The average molecular weight is 291 g/mol. The molecule has 1 amide bonds. The number of ether oxygens (including phenoxy) is 2. The SMILES string of the molecule is CCC(CC)NC(=O)c1cccc(OCC2CCCO2)c1. The van der Waals surface area contributed by atoms with Crippen LogP contribution in [0.3, 0.4) is 0 Å². The molecule has 1 aliphatic heterocycles. The third-order valence-corrected chi connectivity index (χ3v) is 3.88. The summed E-state index contributed by atoms with van der Waals surface area (Å²) < 4.78 is 11.3. The first-order valence-electron chi connectivity index (χ1n) is 7.88. The van der Waals surface area contributed by atoms with E-state index in [1.807, 2.05) is 18.2 Å². The second-order valence-corrected chi connectivity index (χ2v) is 5.46. The summed E-state index contributed by atoms with van der Waals surface area (Å²) in [4.78, 5) is 12.2. The van der Waals surface area contributed by atoms with E-state index in [0.717, 1.165) is 38.0 Å². The van der Waals surface area contributed by atoms with Gasteiger partial charge < -0.3 is 14.8 Å². The molecule has 1 fully saturated rings. The molecule has 2 rings (SSSR count). The number of carbonyl (C=O) groups is 1. The van der Waals surface area contributed by atoms with Crippen molar-refractivity contribution in [3.05, 3.63) is 29.8 Å². The Morgan fingerprint density at radius 3 is 2.90 bits per heavy atom. The molecule has 116 valence electrons. The lowest BCUT2D eigenvalue weighted by atomic mass is 10.1. The van der Waals surface area contributed by atoms with Crippen molar-refractivity contribution in [2.45, 2.75) is 51.7 Å². The number of benzene rings is 1. The molecule has 21 heavy (non-hydrogen) atoms. The lowest BCUT2D eigenvalue weighted by Gasteiger charge is -2.15. The fraction of sp³-hybridized carbons (Fsp3) is 0.588. The maximum Gasteiger partial charge on any atom is 0.251 e. The topological polar surface area (TPSA) is 47.6 Å². The molecule has 0 spiro atoms. The minimum absolute atomic E-state index is 0.0359. The second kappa shape index (κ2) is 8.03. The molecule has 0 saturated carbocycles. The number of nitrogens with one attached hydrogen (secondary N) is 1. The molecule has 1 saturated heterocycles. The summed E-state index contributed by atoms with van der Waals surface area (Å²) in [5, 5.41) is 3.04. The van der Waals surface area contributed by atoms with Gasteiger partial charge in [-0.15, -0.1) is 0 Å². The first kappa shape index (κ1) is 15.8. The van der Waals surface area contributed by atoms with Gasteiger partial charge in [-0.25, -0.2) is 0 Å². The average Bonchev–Trinajstić information content (AvgIpc) is 3.04. The van der Waals surface area contributed by atoms with Crippen LogP contribution in [-0.4, -0.2) is 31.3 Å². The molecular weight excluding hydrogens is 266 g/mol. The number of amides is 1. The summed E-state index contributed by atoms with van der Waals surface area (Å²) in [6.45, 7) is 5.54.